The number of nitrogens with zero attached hydrogens (tertiary/aromatic N) is 1. The molecule has 1 aliphatic heterocycles. The molecule has 0 bridgehead atoms. The van der Waals surface area contributed by atoms with E-state index in [1.54, 1.807) is 0 Å². The zero-order valence-electron chi connectivity index (χ0n) is 7.34. The SMILES string of the molecule is CN[C@@H]1CCN(CC2CC2)C1. The first-order chi connectivity index (χ1) is 5.38. The summed E-state index contributed by atoms with van der Waals surface area (Å²) in [5, 5.41) is 3.35. The molecule has 1 atom stereocenters. The number of nitrogens with one attached hydrogen (secondary N) is 1. The van der Waals surface area contributed by atoms with Crippen molar-refractivity contribution in [3.8, 4) is 0 Å². The molecule has 0 radical (unpaired) electrons. The maximum absolute atomic E-state index is 3.35. The van der Waals surface area contributed by atoms with Crippen molar-refractivity contribution in [1.82, 2.24) is 10.2 Å². The maximum Gasteiger partial charge on any atom is 0.0204 e. The molecular formula is C9H18N2. The molecule has 0 spiro atoms. The van der Waals surface area contributed by atoms with Gasteiger partial charge in [-0.1, -0.05) is 0 Å². The standard InChI is InChI=1S/C9H18N2/c1-10-9-4-5-11(7-9)6-8-2-3-8/h8-10H,2-7H2,1H3/t9-/m1/s1. The van der Waals surface area contributed by atoms with Crippen LogP contribution in [-0.2, 0) is 0 Å². The van der Waals surface area contributed by atoms with E-state index < -0.39 is 0 Å². The first kappa shape index (κ1) is 7.56. The summed E-state index contributed by atoms with van der Waals surface area (Å²) >= 11 is 0. The van der Waals surface area contributed by atoms with Gasteiger partial charge in [0.2, 0.25) is 0 Å². The molecule has 0 aromatic carbocycles. The third-order valence-corrected chi connectivity index (χ3v) is 2.89. The largest absolute Gasteiger partial charge is 0.316 e. The first-order valence-corrected chi connectivity index (χ1v) is 4.78. The van der Waals surface area contributed by atoms with Crippen molar-refractivity contribution in [1.29, 1.82) is 0 Å². The molecule has 0 aromatic rings. The van der Waals surface area contributed by atoms with E-state index in [2.05, 4.69) is 17.3 Å². The highest BCUT2D eigenvalue weighted by molar-refractivity contribution is 4.84. The van der Waals surface area contributed by atoms with Crippen LogP contribution < -0.4 is 5.32 Å². The number of likely N-dealkylation sites (tertiary alicyclic amines) is 1. The molecule has 11 heavy (non-hydrogen) atoms. The molecule has 0 unspecified atom stereocenters. The summed E-state index contributed by atoms with van der Waals surface area (Å²) in [5.41, 5.74) is 0. The molecule has 1 saturated carbocycles. The second kappa shape index (κ2) is 3.11. The van der Waals surface area contributed by atoms with Crippen LogP contribution in [0.2, 0.25) is 0 Å². The fourth-order valence-electron chi connectivity index (χ4n) is 1.90. The lowest BCUT2D eigenvalue weighted by Crippen LogP contribution is -2.30. The smallest absolute Gasteiger partial charge is 0.0204 e. The Labute approximate surface area is 69.0 Å². The van der Waals surface area contributed by atoms with Crippen LogP contribution >= 0.6 is 0 Å². The monoisotopic (exact) mass is 154 g/mol. The Morgan fingerprint density at radius 2 is 2.18 bits per heavy atom. The van der Waals surface area contributed by atoms with E-state index in [9.17, 15) is 0 Å². The quantitative estimate of drug-likeness (QED) is 0.643. The van der Waals surface area contributed by atoms with Crippen LogP contribution in [0.5, 0.6) is 0 Å². The van der Waals surface area contributed by atoms with Crippen molar-refractivity contribution >= 4 is 0 Å². The van der Waals surface area contributed by atoms with Gasteiger partial charge in [-0.3, -0.25) is 0 Å². The van der Waals surface area contributed by atoms with Crippen molar-refractivity contribution in [2.24, 2.45) is 5.92 Å². The van der Waals surface area contributed by atoms with Gasteiger partial charge in [-0.05, 0) is 38.8 Å². The van der Waals surface area contributed by atoms with E-state index in [0.717, 1.165) is 12.0 Å². The molecule has 2 nitrogen and oxygen atoms in total. The summed E-state index contributed by atoms with van der Waals surface area (Å²) in [7, 11) is 2.07. The van der Waals surface area contributed by atoms with E-state index >= 15 is 0 Å². The van der Waals surface area contributed by atoms with Gasteiger partial charge in [0.1, 0.15) is 0 Å². The number of likely N-dealkylation sites (N-methyl/N-ethyl adjacent to an activating group) is 1. The van der Waals surface area contributed by atoms with Gasteiger partial charge in [0, 0.05) is 19.1 Å². The van der Waals surface area contributed by atoms with Gasteiger partial charge in [-0.25, -0.2) is 0 Å². The number of rotatable bonds is 3. The highest BCUT2D eigenvalue weighted by atomic mass is 15.2. The predicted molar refractivity (Wildman–Crippen MR) is 46.6 cm³/mol. The zero-order valence-corrected chi connectivity index (χ0v) is 7.34. The average molecular weight is 154 g/mol. The lowest BCUT2D eigenvalue weighted by atomic mass is 10.3. The van der Waals surface area contributed by atoms with E-state index in [-0.39, 0.29) is 0 Å². The molecule has 2 fully saturated rings. The molecule has 0 aromatic heterocycles. The number of hydrogen-bond donors (Lipinski definition) is 1. The Balaban J connectivity index is 1.70. The fraction of sp³-hybridized carbons (Fsp3) is 1.00. The highest BCUT2D eigenvalue weighted by Gasteiger charge is 2.28. The van der Waals surface area contributed by atoms with Gasteiger partial charge in [0.05, 0.1) is 0 Å². The summed E-state index contributed by atoms with van der Waals surface area (Å²) in [4.78, 5) is 2.61. The minimum Gasteiger partial charge on any atom is -0.316 e. The fourth-order valence-corrected chi connectivity index (χ4v) is 1.90. The third-order valence-electron chi connectivity index (χ3n) is 2.89. The minimum absolute atomic E-state index is 0.772. The Bertz CT molecular complexity index is 132. The summed E-state index contributed by atoms with van der Waals surface area (Å²) in [6, 6.07) is 0.772. The van der Waals surface area contributed by atoms with Gasteiger partial charge in [-0.2, -0.15) is 0 Å². The van der Waals surface area contributed by atoms with Crippen LogP contribution in [-0.4, -0.2) is 37.6 Å². The van der Waals surface area contributed by atoms with Crippen LogP contribution in [0, 0.1) is 5.92 Å². The summed E-state index contributed by atoms with van der Waals surface area (Å²) in [6.07, 6.45) is 4.32. The Hall–Kier alpha value is -0.0800. The van der Waals surface area contributed by atoms with Crippen molar-refractivity contribution < 1.29 is 0 Å². The third kappa shape index (κ3) is 1.94. The predicted octanol–water partition coefficient (Wildman–Crippen LogP) is 0.690. The van der Waals surface area contributed by atoms with Crippen molar-refractivity contribution in [3.05, 3.63) is 0 Å². The molecule has 2 rings (SSSR count). The average Bonchev–Trinajstić information content (AvgIpc) is 2.68. The van der Waals surface area contributed by atoms with Crippen LogP contribution in [0.25, 0.3) is 0 Å². The van der Waals surface area contributed by atoms with E-state index in [0.29, 0.717) is 0 Å². The molecule has 64 valence electrons. The Morgan fingerprint density at radius 3 is 2.73 bits per heavy atom. The van der Waals surface area contributed by atoms with Gasteiger partial charge < -0.3 is 10.2 Å². The Morgan fingerprint density at radius 1 is 1.36 bits per heavy atom. The molecule has 0 amide bonds. The van der Waals surface area contributed by atoms with Crippen LogP contribution in [0.1, 0.15) is 19.3 Å². The zero-order chi connectivity index (χ0) is 7.68. The minimum atomic E-state index is 0.772. The molecule has 1 saturated heterocycles. The summed E-state index contributed by atoms with van der Waals surface area (Å²) in [5.74, 6) is 1.06. The van der Waals surface area contributed by atoms with Gasteiger partial charge in [0.25, 0.3) is 0 Å². The molecular weight excluding hydrogens is 136 g/mol. The highest BCUT2D eigenvalue weighted by Crippen LogP contribution is 2.30. The van der Waals surface area contributed by atoms with E-state index in [1.165, 1.54) is 38.9 Å². The maximum atomic E-state index is 3.35. The van der Waals surface area contributed by atoms with Crippen LogP contribution in [0.3, 0.4) is 0 Å². The molecule has 1 heterocycles. The summed E-state index contributed by atoms with van der Waals surface area (Å²) < 4.78 is 0. The lowest BCUT2D eigenvalue weighted by Gasteiger charge is -2.14. The second-order valence-electron chi connectivity index (χ2n) is 3.98. The van der Waals surface area contributed by atoms with Crippen molar-refractivity contribution in [3.63, 3.8) is 0 Å². The van der Waals surface area contributed by atoms with E-state index in [1.807, 2.05) is 0 Å². The lowest BCUT2D eigenvalue weighted by molar-refractivity contribution is 0.316. The van der Waals surface area contributed by atoms with Gasteiger partial charge in [-0.15, -0.1) is 0 Å². The second-order valence-corrected chi connectivity index (χ2v) is 3.98. The topological polar surface area (TPSA) is 15.3 Å². The molecule has 2 aliphatic rings. The summed E-state index contributed by atoms with van der Waals surface area (Å²) in [6.45, 7) is 3.98. The van der Waals surface area contributed by atoms with Crippen LogP contribution in [0.4, 0.5) is 0 Å². The first-order valence-electron chi connectivity index (χ1n) is 4.78. The number of hydrogen-bond acceptors (Lipinski definition) is 2. The Kier molecular flexibility index (Phi) is 2.14. The van der Waals surface area contributed by atoms with Crippen molar-refractivity contribution in [2.45, 2.75) is 25.3 Å². The van der Waals surface area contributed by atoms with Gasteiger partial charge in [0.15, 0.2) is 0 Å². The molecule has 1 aliphatic carbocycles. The van der Waals surface area contributed by atoms with E-state index in [4.69, 9.17) is 0 Å². The van der Waals surface area contributed by atoms with Gasteiger partial charge >= 0.3 is 0 Å². The molecule has 2 heteroatoms. The van der Waals surface area contributed by atoms with Crippen molar-refractivity contribution in [2.75, 3.05) is 26.7 Å². The van der Waals surface area contributed by atoms with Crippen LogP contribution in [0.15, 0.2) is 0 Å². The molecule has 1 N–H and O–H groups in total. The normalized spacial score (nSPS) is 33.0.